The molecule has 0 heterocycles. The van der Waals surface area contributed by atoms with Gasteiger partial charge >= 0.3 is 14.8 Å². The molecule has 0 saturated heterocycles. The maximum Gasteiger partial charge on any atom is 0.501 e. The van der Waals surface area contributed by atoms with Gasteiger partial charge in [-0.1, -0.05) is 6.58 Å². The van der Waals surface area contributed by atoms with Crippen molar-refractivity contribution in [2.75, 3.05) is 19.8 Å². The molecule has 0 aromatic heterocycles. The highest BCUT2D eigenvalue weighted by Crippen LogP contribution is 2.20. The highest BCUT2D eigenvalue weighted by atomic mass is 28.4. The second-order valence-electron chi connectivity index (χ2n) is 4.56. The van der Waals surface area contributed by atoms with Crippen LogP contribution in [0.15, 0.2) is 12.2 Å². The lowest BCUT2D eigenvalue weighted by Gasteiger charge is -2.29. The SMILES string of the molecule is C=C(C)C(=O)OC(CC[Si](OCC)(OCC)OCC)[SiH2]N. The number of carbonyl (C=O) groups excluding carboxylic acids is 1. The van der Waals surface area contributed by atoms with Gasteiger partial charge < -0.3 is 23.4 Å². The molecular weight excluding hydrogens is 306 g/mol. The summed E-state index contributed by atoms with van der Waals surface area (Å²) in [5, 5.41) is 5.80. The highest BCUT2D eigenvalue weighted by molar-refractivity contribution is 6.60. The van der Waals surface area contributed by atoms with E-state index in [0.29, 0.717) is 37.9 Å². The fourth-order valence-corrected chi connectivity index (χ4v) is 5.59. The van der Waals surface area contributed by atoms with Crippen LogP contribution in [0.3, 0.4) is 0 Å². The predicted molar refractivity (Wildman–Crippen MR) is 87.5 cm³/mol. The average molecular weight is 336 g/mol. The van der Waals surface area contributed by atoms with Gasteiger partial charge in [0.15, 0.2) is 0 Å². The molecule has 6 nitrogen and oxygen atoms in total. The zero-order valence-corrected chi connectivity index (χ0v) is 16.1. The van der Waals surface area contributed by atoms with E-state index in [1.807, 2.05) is 20.8 Å². The highest BCUT2D eigenvalue weighted by Gasteiger charge is 2.40. The molecule has 0 aromatic rings. The number of esters is 1. The van der Waals surface area contributed by atoms with Gasteiger partial charge in [-0.2, -0.15) is 0 Å². The van der Waals surface area contributed by atoms with E-state index < -0.39 is 24.5 Å². The number of hydrogen-bond donors (Lipinski definition) is 1. The predicted octanol–water partition coefficient (Wildman–Crippen LogP) is 0.913. The van der Waals surface area contributed by atoms with E-state index >= 15 is 0 Å². The van der Waals surface area contributed by atoms with Gasteiger partial charge in [-0.3, -0.25) is 0 Å². The molecule has 21 heavy (non-hydrogen) atoms. The van der Waals surface area contributed by atoms with Crippen molar-refractivity contribution in [2.45, 2.75) is 45.9 Å². The lowest BCUT2D eigenvalue weighted by atomic mass is 10.4. The zero-order chi connectivity index (χ0) is 16.3. The van der Waals surface area contributed by atoms with Gasteiger partial charge in [0.25, 0.3) is 0 Å². The van der Waals surface area contributed by atoms with E-state index in [0.717, 1.165) is 0 Å². The van der Waals surface area contributed by atoms with Gasteiger partial charge in [-0.25, -0.2) is 4.79 Å². The first kappa shape index (κ1) is 20.5. The van der Waals surface area contributed by atoms with Gasteiger partial charge in [0.1, 0.15) is 9.68 Å². The van der Waals surface area contributed by atoms with E-state index in [1.165, 1.54) is 0 Å². The van der Waals surface area contributed by atoms with E-state index in [4.69, 9.17) is 23.4 Å². The van der Waals surface area contributed by atoms with Crippen molar-refractivity contribution in [3.63, 3.8) is 0 Å². The summed E-state index contributed by atoms with van der Waals surface area (Å²) in [6, 6.07) is 0.598. The number of rotatable bonds is 12. The molecule has 0 bridgehead atoms. The molecule has 8 heteroatoms. The van der Waals surface area contributed by atoms with Crippen LogP contribution in [0.25, 0.3) is 0 Å². The minimum atomic E-state index is -2.70. The number of hydrogen-bond acceptors (Lipinski definition) is 6. The molecule has 124 valence electrons. The first-order chi connectivity index (χ1) is 9.94. The van der Waals surface area contributed by atoms with Crippen molar-refractivity contribution in [1.29, 1.82) is 0 Å². The van der Waals surface area contributed by atoms with Gasteiger partial charge in [0, 0.05) is 31.4 Å². The molecular formula is C13H29NO5Si2. The van der Waals surface area contributed by atoms with Gasteiger partial charge in [-0.15, -0.1) is 0 Å². The third-order valence-electron chi connectivity index (χ3n) is 2.75. The van der Waals surface area contributed by atoms with Gasteiger partial charge in [0.2, 0.25) is 0 Å². The Balaban J connectivity index is 4.67. The molecule has 1 atom stereocenters. The summed E-state index contributed by atoms with van der Waals surface area (Å²) in [7, 11) is -3.69. The molecule has 0 aromatic carbocycles. The normalized spacial score (nSPS) is 13.6. The molecule has 0 fully saturated rings. The Morgan fingerprint density at radius 2 is 1.67 bits per heavy atom. The Morgan fingerprint density at radius 3 is 2.00 bits per heavy atom. The van der Waals surface area contributed by atoms with E-state index in [1.54, 1.807) is 6.92 Å². The average Bonchev–Trinajstić information content (AvgIpc) is 2.43. The molecule has 0 spiro atoms. The minimum absolute atomic E-state index is 0.248. The van der Waals surface area contributed by atoms with Crippen molar-refractivity contribution in [3.8, 4) is 0 Å². The first-order valence-electron chi connectivity index (χ1n) is 7.43. The topological polar surface area (TPSA) is 80.0 Å². The van der Waals surface area contributed by atoms with Crippen LogP contribution in [0.1, 0.15) is 34.1 Å². The fraction of sp³-hybridized carbons (Fsp3) is 0.769. The van der Waals surface area contributed by atoms with Crippen LogP contribution in [0.5, 0.6) is 0 Å². The van der Waals surface area contributed by atoms with E-state index in [2.05, 4.69) is 6.58 Å². The van der Waals surface area contributed by atoms with Crippen LogP contribution in [-0.2, 0) is 22.8 Å². The molecule has 2 N–H and O–H groups in total. The summed E-state index contributed by atoms with van der Waals surface area (Å²) in [5.41, 5.74) is 0.132. The van der Waals surface area contributed by atoms with Crippen molar-refractivity contribution < 1.29 is 22.8 Å². The second kappa shape index (κ2) is 11.1. The largest absolute Gasteiger partial charge is 0.501 e. The van der Waals surface area contributed by atoms with Crippen LogP contribution >= 0.6 is 0 Å². The van der Waals surface area contributed by atoms with Gasteiger partial charge in [0.05, 0.1) is 5.73 Å². The monoisotopic (exact) mass is 335 g/mol. The molecule has 1 unspecified atom stereocenters. The van der Waals surface area contributed by atoms with Crippen molar-refractivity contribution in [2.24, 2.45) is 5.40 Å². The van der Waals surface area contributed by atoms with Crippen LogP contribution in [0.2, 0.25) is 6.04 Å². The van der Waals surface area contributed by atoms with Crippen LogP contribution in [-0.4, -0.2) is 50.0 Å². The smallest absolute Gasteiger partial charge is 0.462 e. The molecule has 0 aliphatic rings. The Labute approximate surface area is 131 Å². The summed E-state index contributed by atoms with van der Waals surface area (Å²) in [6.07, 6.45) is 0.605. The van der Waals surface area contributed by atoms with E-state index in [9.17, 15) is 4.79 Å². The van der Waals surface area contributed by atoms with Gasteiger partial charge in [-0.05, 0) is 34.1 Å². The van der Waals surface area contributed by atoms with Crippen LogP contribution < -0.4 is 5.40 Å². The lowest BCUT2D eigenvalue weighted by Crippen LogP contribution is -2.47. The zero-order valence-electron chi connectivity index (χ0n) is 13.6. The summed E-state index contributed by atoms with van der Waals surface area (Å²) in [5.74, 6) is -0.394. The Kier molecular flexibility index (Phi) is 10.8. The third-order valence-corrected chi connectivity index (χ3v) is 6.94. The van der Waals surface area contributed by atoms with Crippen LogP contribution in [0.4, 0.5) is 0 Å². The molecule has 0 amide bonds. The second-order valence-corrected chi connectivity index (χ2v) is 8.68. The Bertz CT molecular complexity index is 311. The third kappa shape index (κ3) is 7.88. The molecule has 0 saturated carbocycles. The quantitative estimate of drug-likeness (QED) is 0.324. The molecule has 0 aliphatic heterocycles. The molecule has 0 rings (SSSR count). The first-order valence-corrected chi connectivity index (χ1v) is 11.0. The Hall–Kier alpha value is -0.516. The summed E-state index contributed by atoms with van der Waals surface area (Å²) in [6.45, 7) is 12.5. The number of ether oxygens (including phenoxy) is 1. The Morgan fingerprint density at radius 1 is 1.19 bits per heavy atom. The van der Waals surface area contributed by atoms with Crippen molar-refractivity contribution >= 4 is 24.5 Å². The van der Waals surface area contributed by atoms with E-state index in [-0.39, 0.29) is 5.73 Å². The maximum atomic E-state index is 11.6. The summed E-state index contributed by atoms with van der Waals surface area (Å²) >= 11 is 0. The fourth-order valence-electron chi connectivity index (χ4n) is 1.82. The number of carbonyl (C=O) groups is 1. The molecule has 0 aliphatic carbocycles. The lowest BCUT2D eigenvalue weighted by molar-refractivity contribution is -0.141. The standard InChI is InChI=1S/C13H29NO5Si2/c1-6-16-21(17-7-2,18-8-3)10-9-12(20-14)19-13(15)11(4)5/h12H,4,6-10,14,20H2,1-3,5H3. The maximum absolute atomic E-state index is 11.6. The molecule has 0 radical (unpaired) electrons. The van der Waals surface area contributed by atoms with Crippen molar-refractivity contribution in [1.82, 2.24) is 0 Å². The summed E-state index contributed by atoms with van der Waals surface area (Å²) < 4.78 is 22.7. The summed E-state index contributed by atoms with van der Waals surface area (Å²) in [4.78, 5) is 11.6. The minimum Gasteiger partial charge on any atom is -0.462 e. The van der Waals surface area contributed by atoms with Crippen molar-refractivity contribution in [3.05, 3.63) is 12.2 Å². The van der Waals surface area contributed by atoms with Crippen LogP contribution in [0, 0.1) is 0 Å². The number of nitrogens with two attached hydrogens (primary N) is 1.